The van der Waals surface area contributed by atoms with Gasteiger partial charge < -0.3 is 35.1 Å². The van der Waals surface area contributed by atoms with E-state index in [1.165, 1.54) is 29.8 Å². The fourth-order valence-corrected chi connectivity index (χ4v) is 10.4. The number of rotatable bonds is 21. The standard InChI is InChI=1S/C51H59N9O12S/c1-58-28-37(34-26-39(55-46(34)51(58)69)48(66)54-23-22-52-42(61)20-24-59-44(63)18-19-45(59)64)33-25-38(57-73(2,70)71)35(27-41(33)72-31-13-7-5-8-14-31)47(65)53-21-9-4-3-6-11-30-12-10-15-32-36(30)29-60(50(32)68)40-16-17-43(62)56-49(40)67/h10,12,15,18-19,25-28,31,40,55,57H,3-9,11,13-14,16-17,20-24,29H2,1-2H3,(H,52,61)(H,53,65)(H,54,66)(H,56,62,67). The minimum absolute atomic E-state index is 0.00715. The van der Waals surface area contributed by atoms with Crippen molar-refractivity contribution in [1.82, 2.24) is 40.6 Å². The zero-order valence-corrected chi connectivity index (χ0v) is 41.5. The van der Waals surface area contributed by atoms with Crippen LogP contribution >= 0.6 is 0 Å². The molecule has 0 spiro atoms. The second-order valence-electron chi connectivity index (χ2n) is 18.9. The van der Waals surface area contributed by atoms with Crippen LogP contribution in [0.1, 0.15) is 119 Å². The van der Waals surface area contributed by atoms with E-state index in [0.717, 1.165) is 85.8 Å². The number of aromatic amines is 1. The molecule has 1 saturated carbocycles. The van der Waals surface area contributed by atoms with E-state index in [1.807, 2.05) is 12.1 Å². The van der Waals surface area contributed by atoms with Crippen LogP contribution < -0.4 is 36.3 Å². The van der Waals surface area contributed by atoms with Gasteiger partial charge in [-0.15, -0.1) is 0 Å². The number of carbonyl (C=O) groups is 8. The van der Waals surface area contributed by atoms with E-state index in [1.54, 1.807) is 17.2 Å². The summed E-state index contributed by atoms with van der Waals surface area (Å²) in [6.07, 6.45) is 13.1. The molecule has 1 unspecified atom stereocenters. The number of amides is 8. The number of imide groups is 2. The molecule has 2 aromatic carbocycles. The molecular formula is C51H59N9O12S. The quantitative estimate of drug-likeness (QED) is 0.0519. The predicted molar refractivity (Wildman–Crippen MR) is 268 cm³/mol. The van der Waals surface area contributed by atoms with E-state index < -0.39 is 57.1 Å². The van der Waals surface area contributed by atoms with E-state index >= 15 is 0 Å². The number of benzene rings is 2. The van der Waals surface area contributed by atoms with Crippen LogP contribution in [0.3, 0.4) is 0 Å². The average Bonchev–Trinajstić information content (AvgIpc) is 4.05. The van der Waals surface area contributed by atoms with Crippen molar-refractivity contribution in [2.24, 2.45) is 7.05 Å². The Kier molecular flexibility index (Phi) is 15.9. The number of carbonyl (C=O) groups excluding carboxylic acids is 8. The zero-order chi connectivity index (χ0) is 52.0. The van der Waals surface area contributed by atoms with Crippen LogP contribution in [0, 0.1) is 0 Å². The molecule has 21 nitrogen and oxygen atoms in total. The Labute approximate surface area is 420 Å². The molecule has 2 aromatic heterocycles. The number of hydrogen-bond acceptors (Lipinski definition) is 12. The summed E-state index contributed by atoms with van der Waals surface area (Å²) in [5.41, 5.74) is 2.93. The molecular weight excluding hydrogens is 963 g/mol. The molecule has 8 rings (SSSR count). The minimum Gasteiger partial charge on any atom is -0.490 e. The van der Waals surface area contributed by atoms with Gasteiger partial charge in [0, 0.05) is 93.0 Å². The first-order chi connectivity index (χ1) is 34.9. The molecule has 8 amide bonds. The molecule has 1 atom stereocenters. The van der Waals surface area contributed by atoms with Gasteiger partial charge in [0.15, 0.2) is 0 Å². The third kappa shape index (κ3) is 12.2. The summed E-state index contributed by atoms with van der Waals surface area (Å²) in [5.74, 6) is -3.27. The van der Waals surface area contributed by atoms with Crippen LogP contribution in [0.25, 0.3) is 22.0 Å². The Morgan fingerprint density at radius 2 is 1.53 bits per heavy atom. The van der Waals surface area contributed by atoms with E-state index in [0.29, 0.717) is 41.5 Å². The Morgan fingerprint density at radius 3 is 2.27 bits per heavy atom. The number of nitrogens with zero attached hydrogens (tertiary/aromatic N) is 3. The third-order valence-electron chi connectivity index (χ3n) is 13.5. The molecule has 6 N–H and O–H groups in total. The van der Waals surface area contributed by atoms with Crippen LogP contribution in [-0.4, -0.2) is 120 Å². The zero-order valence-electron chi connectivity index (χ0n) is 40.7. The fourth-order valence-electron chi connectivity index (χ4n) is 9.79. The van der Waals surface area contributed by atoms with Crippen molar-refractivity contribution in [3.05, 3.63) is 93.0 Å². The number of nitrogens with one attached hydrogen (secondary N) is 6. The van der Waals surface area contributed by atoms with E-state index in [9.17, 15) is 51.6 Å². The van der Waals surface area contributed by atoms with Crippen LogP contribution in [0.2, 0.25) is 0 Å². The maximum absolute atomic E-state index is 14.1. The van der Waals surface area contributed by atoms with Crippen molar-refractivity contribution in [3.8, 4) is 16.9 Å². The predicted octanol–water partition coefficient (Wildman–Crippen LogP) is 3.07. The van der Waals surface area contributed by atoms with Gasteiger partial charge in [-0.1, -0.05) is 31.4 Å². The van der Waals surface area contributed by atoms with Gasteiger partial charge in [0.1, 0.15) is 23.0 Å². The number of aromatic nitrogens is 2. The number of sulfonamides is 1. The molecule has 2 fully saturated rings. The van der Waals surface area contributed by atoms with Gasteiger partial charge in [-0.2, -0.15) is 0 Å². The minimum atomic E-state index is -3.94. The summed E-state index contributed by atoms with van der Waals surface area (Å²) in [4.78, 5) is 120. The Bertz CT molecular complexity index is 3080. The highest BCUT2D eigenvalue weighted by atomic mass is 32.2. The van der Waals surface area contributed by atoms with Gasteiger partial charge in [-0.3, -0.25) is 58.1 Å². The molecule has 386 valence electrons. The van der Waals surface area contributed by atoms with Crippen molar-refractivity contribution in [2.45, 2.75) is 102 Å². The number of anilines is 1. The van der Waals surface area contributed by atoms with Crippen LogP contribution in [0.15, 0.2) is 59.5 Å². The SMILES string of the molecule is Cn1cc(-c2cc(NS(C)(=O)=O)c(C(=O)NCCCCCCc3cccc4c3CN(C3CCC(=O)NC3=O)C4=O)cc2OC2CCCCC2)c2cc(C(=O)NCCNC(=O)CCN3C(=O)C=CC3=O)[nH]c2c1=O. The number of aryl methyl sites for hydroxylation is 2. The topological polar surface area (TPSA) is 284 Å². The molecule has 1 saturated heterocycles. The summed E-state index contributed by atoms with van der Waals surface area (Å²) in [5, 5.41) is 10.9. The first kappa shape index (κ1) is 51.7. The van der Waals surface area contributed by atoms with E-state index in [2.05, 4.69) is 31.0 Å². The summed E-state index contributed by atoms with van der Waals surface area (Å²) in [7, 11) is -2.40. The maximum atomic E-state index is 14.1. The van der Waals surface area contributed by atoms with E-state index in [4.69, 9.17) is 4.74 Å². The van der Waals surface area contributed by atoms with Crippen LogP contribution in [0.4, 0.5) is 5.69 Å². The maximum Gasteiger partial charge on any atom is 0.274 e. The van der Waals surface area contributed by atoms with Crippen molar-refractivity contribution < 1.29 is 51.5 Å². The van der Waals surface area contributed by atoms with Crippen LogP contribution in [-0.2, 0) is 54.0 Å². The molecule has 3 aliphatic heterocycles. The molecule has 4 aliphatic rings. The molecule has 1 aliphatic carbocycles. The lowest BCUT2D eigenvalue weighted by Gasteiger charge is -2.29. The summed E-state index contributed by atoms with van der Waals surface area (Å²) < 4.78 is 36.2. The molecule has 4 aromatic rings. The smallest absolute Gasteiger partial charge is 0.274 e. The number of fused-ring (bicyclic) bond motifs is 2. The number of hydrogen-bond donors (Lipinski definition) is 6. The second kappa shape index (κ2) is 22.4. The molecule has 0 radical (unpaired) electrons. The number of pyridine rings is 1. The highest BCUT2D eigenvalue weighted by Crippen LogP contribution is 2.40. The summed E-state index contributed by atoms with van der Waals surface area (Å²) in [6, 6.07) is 9.42. The molecule has 22 heteroatoms. The largest absolute Gasteiger partial charge is 0.490 e. The monoisotopic (exact) mass is 1020 g/mol. The highest BCUT2D eigenvalue weighted by Gasteiger charge is 2.40. The lowest BCUT2D eigenvalue weighted by Crippen LogP contribution is -2.52. The Hall–Kier alpha value is -7.62. The normalized spacial score (nSPS) is 17.0. The first-order valence-corrected chi connectivity index (χ1v) is 26.5. The number of ether oxygens (including phenoxy) is 1. The van der Waals surface area contributed by atoms with Gasteiger partial charge in [0.25, 0.3) is 35.1 Å². The second-order valence-corrected chi connectivity index (χ2v) is 20.6. The third-order valence-corrected chi connectivity index (χ3v) is 14.1. The van der Waals surface area contributed by atoms with Crippen LogP contribution in [0.5, 0.6) is 5.75 Å². The van der Waals surface area contributed by atoms with Gasteiger partial charge in [-0.05, 0) is 86.8 Å². The first-order valence-electron chi connectivity index (χ1n) is 24.6. The van der Waals surface area contributed by atoms with Gasteiger partial charge in [0.05, 0.1) is 23.6 Å². The number of piperidine rings is 1. The highest BCUT2D eigenvalue weighted by molar-refractivity contribution is 7.92. The number of H-pyrrole nitrogens is 1. The van der Waals surface area contributed by atoms with E-state index in [-0.39, 0.29) is 91.6 Å². The van der Waals surface area contributed by atoms with Gasteiger partial charge >= 0.3 is 0 Å². The summed E-state index contributed by atoms with van der Waals surface area (Å²) >= 11 is 0. The number of unbranched alkanes of at least 4 members (excludes halogenated alkanes) is 3. The molecule has 73 heavy (non-hydrogen) atoms. The van der Waals surface area contributed by atoms with Crippen molar-refractivity contribution in [1.29, 1.82) is 0 Å². The Balaban J connectivity index is 0.936. The van der Waals surface area contributed by atoms with Gasteiger partial charge in [-0.25, -0.2) is 8.42 Å². The van der Waals surface area contributed by atoms with Crippen molar-refractivity contribution in [3.63, 3.8) is 0 Å². The van der Waals surface area contributed by atoms with Crippen molar-refractivity contribution >= 4 is 73.9 Å². The van der Waals surface area contributed by atoms with Crippen molar-refractivity contribution in [2.75, 3.05) is 37.2 Å². The summed E-state index contributed by atoms with van der Waals surface area (Å²) in [6.45, 7) is 0.547. The molecule has 0 bridgehead atoms. The lowest BCUT2D eigenvalue weighted by atomic mass is 9.96. The van der Waals surface area contributed by atoms with Gasteiger partial charge in [0.2, 0.25) is 27.7 Å². The molecule has 5 heterocycles. The average molecular weight is 1020 g/mol. The fraction of sp³-hybridized carbons (Fsp3) is 0.431. The Morgan fingerprint density at radius 1 is 0.808 bits per heavy atom. The lowest BCUT2D eigenvalue weighted by molar-refractivity contribution is -0.138.